The van der Waals surface area contributed by atoms with Crippen LogP contribution in [0.2, 0.25) is 5.02 Å². The maximum Gasteiger partial charge on any atom is 0.224 e. The summed E-state index contributed by atoms with van der Waals surface area (Å²) in [7, 11) is 0. The Labute approximate surface area is 95.6 Å². The van der Waals surface area contributed by atoms with E-state index in [2.05, 4.69) is 19.2 Å². The van der Waals surface area contributed by atoms with Gasteiger partial charge in [0.15, 0.2) is 0 Å². The molecule has 0 radical (unpaired) electrons. The van der Waals surface area contributed by atoms with Gasteiger partial charge in [0.05, 0.1) is 0 Å². The lowest BCUT2D eigenvalue weighted by atomic mass is 10.1. The number of amides is 1. The fraction of sp³-hybridized carbons (Fsp3) is 0.417. The van der Waals surface area contributed by atoms with E-state index in [1.807, 2.05) is 0 Å². The van der Waals surface area contributed by atoms with Crippen LogP contribution in [-0.2, 0) is 4.79 Å². The van der Waals surface area contributed by atoms with Crippen LogP contribution < -0.4 is 5.32 Å². The van der Waals surface area contributed by atoms with Crippen LogP contribution in [0.5, 0.6) is 0 Å². The average molecular weight is 226 g/mol. The van der Waals surface area contributed by atoms with Crippen LogP contribution in [0.1, 0.15) is 26.7 Å². The number of hydrogen-bond acceptors (Lipinski definition) is 1. The zero-order valence-corrected chi connectivity index (χ0v) is 9.84. The number of anilines is 1. The zero-order chi connectivity index (χ0) is 11.3. The number of carbonyl (C=O) groups excluding carboxylic acids is 1. The number of hydrogen-bond donors (Lipinski definition) is 1. The van der Waals surface area contributed by atoms with E-state index in [-0.39, 0.29) is 5.91 Å². The third kappa shape index (κ3) is 4.34. The summed E-state index contributed by atoms with van der Waals surface area (Å²) in [5, 5.41) is 3.51. The predicted molar refractivity (Wildman–Crippen MR) is 64.2 cm³/mol. The van der Waals surface area contributed by atoms with E-state index in [0.29, 0.717) is 17.4 Å². The Morgan fingerprint density at radius 2 is 2.00 bits per heavy atom. The lowest BCUT2D eigenvalue weighted by molar-refractivity contribution is -0.117. The van der Waals surface area contributed by atoms with E-state index >= 15 is 0 Å². The van der Waals surface area contributed by atoms with Crippen molar-refractivity contribution in [1.82, 2.24) is 0 Å². The highest BCUT2D eigenvalue weighted by Gasteiger charge is 2.07. The zero-order valence-electron chi connectivity index (χ0n) is 9.09. The molecule has 1 aromatic rings. The Balaban J connectivity index is 2.48. The molecule has 0 aliphatic heterocycles. The molecule has 1 N–H and O–H groups in total. The third-order valence-corrected chi connectivity index (χ3v) is 2.61. The van der Waals surface area contributed by atoms with Crippen molar-refractivity contribution >= 4 is 23.2 Å². The number of halogens is 1. The first-order valence-corrected chi connectivity index (χ1v) is 5.55. The molecule has 1 atom stereocenters. The summed E-state index contributed by atoms with van der Waals surface area (Å²) in [5.41, 5.74) is 0.799. The first-order chi connectivity index (χ1) is 7.11. The number of benzene rings is 1. The van der Waals surface area contributed by atoms with Crippen molar-refractivity contribution in [3.63, 3.8) is 0 Å². The van der Waals surface area contributed by atoms with Gasteiger partial charge in [-0.3, -0.25) is 4.79 Å². The Kier molecular flexibility index (Phi) is 4.63. The van der Waals surface area contributed by atoms with Crippen molar-refractivity contribution in [2.75, 3.05) is 5.32 Å². The van der Waals surface area contributed by atoms with Crippen LogP contribution in [0.25, 0.3) is 0 Å². The number of rotatable bonds is 4. The highest BCUT2D eigenvalue weighted by atomic mass is 35.5. The topological polar surface area (TPSA) is 29.1 Å². The van der Waals surface area contributed by atoms with Crippen LogP contribution in [-0.4, -0.2) is 5.91 Å². The van der Waals surface area contributed by atoms with Crippen molar-refractivity contribution in [3.05, 3.63) is 29.3 Å². The average Bonchev–Trinajstić information content (AvgIpc) is 2.21. The summed E-state index contributed by atoms with van der Waals surface area (Å²) in [6.07, 6.45) is 1.59. The summed E-state index contributed by atoms with van der Waals surface area (Å²) in [6.45, 7) is 4.15. The first kappa shape index (κ1) is 12.1. The number of carbonyl (C=O) groups is 1. The minimum absolute atomic E-state index is 0.0617. The molecule has 1 unspecified atom stereocenters. The third-order valence-electron chi connectivity index (χ3n) is 2.36. The van der Waals surface area contributed by atoms with Crippen LogP contribution in [0.3, 0.4) is 0 Å². The predicted octanol–water partition coefficient (Wildman–Crippen LogP) is 3.71. The standard InChI is InChI=1S/C12H16ClNO/c1-3-9(2)8-12(15)14-11-6-4-10(13)5-7-11/h4-7,9H,3,8H2,1-2H3,(H,14,15). The van der Waals surface area contributed by atoms with Gasteiger partial charge in [0.1, 0.15) is 0 Å². The molecule has 82 valence electrons. The van der Waals surface area contributed by atoms with Gasteiger partial charge in [-0.25, -0.2) is 0 Å². The van der Waals surface area contributed by atoms with Crippen LogP contribution in [0.4, 0.5) is 5.69 Å². The molecule has 0 saturated heterocycles. The Morgan fingerprint density at radius 1 is 1.40 bits per heavy atom. The molecule has 0 aliphatic carbocycles. The molecule has 0 saturated carbocycles. The Morgan fingerprint density at radius 3 is 2.53 bits per heavy atom. The second-order valence-corrected chi connectivity index (χ2v) is 4.21. The first-order valence-electron chi connectivity index (χ1n) is 5.17. The van der Waals surface area contributed by atoms with E-state index in [1.165, 1.54) is 0 Å². The molecule has 0 aliphatic rings. The lowest BCUT2D eigenvalue weighted by Gasteiger charge is -2.09. The van der Waals surface area contributed by atoms with Gasteiger partial charge in [-0.15, -0.1) is 0 Å². The second kappa shape index (κ2) is 5.76. The van der Waals surface area contributed by atoms with Gasteiger partial charge in [-0.2, -0.15) is 0 Å². The highest BCUT2D eigenvalue weighted by Crippen LogP contribution is 2.14. The molecule has 0 aromatic heterocycles. The van der Waals surface area contributed by atoms with Crippen molar-refractivity contribution in [1.29, 1.82) is 0 Å². The SMILES string of the molecule is CCC(C)CC(=O)Nc1ccc(Cl)cc1. The van der Waals surface area contributed by atoms with Gasteiger partial charge >= 0.3 is 0 Å². The van der Waals surface area contributed by atoms with Crippen molar-refractivity contribution in [2.45, 2.75) is 26.7 Å². The van der Waals surface area contributed by atoms with E-state index in [9.17, 15) is 4.79 Å². The smallest absolute Gasteiger partial charge is 0.224 e. The second-order valence-electron chi connectivity index (χ2n) is 3.77. The molecule has 0 spiro atoms. The quantitative estimate of drug-likeness (QED) is 0.832. The molecule has 0 fully saturated rings. The maximum absolute atomic E-state index is 11.5. The van der Waals surface area contributed by atoms with Crippen molar-refractivity contribution in [2.24, 2.45) is 5.92 Å². The summed E-state index contributed by atoms with van der Waals surface area (Å²) in [4.78, 5) is 11.5. The van der Waals surface area contributed by atoms with Gasteiger partial charge < -0.3 is 5.32 Å². The molecule has 0 bridgehead atoms. The Hall–Kier alpha value is -1.02. The van der Waals surface area contributed by atoms with Crippen LogP contribution >= 0.6 is 11.6 Å². The van der Waals surface area contributed by atoms with Crippen molar-refractivity contribution in [3.8, 4) is 0 Å². The highest BCUT2D eigenvalue weighted by molar-refractivity contribution is 6.30. The van der Waals surface area contributed by atoms with E-state index in [0.717, 1.165) is 12.1 Å². The van der Waals surface area contributed by atoms with Gasteiger partial charge in [0.2, 0.25) is 5.91 Å². The van der Waals surface area contributed by atoms with E-state index in [4.69, 9.17) is 11.6 Å². The molecule has 1 rings (SSSR count). The monoisotopic (exact) mass is 225 g/mol. The summed E-state index contributed by atoms with van der Waals surface area (Å²) >= 11 is 5.74. The normalized spacial score (nSPS) is 12.2. The molecular formula is C12H16ClNO. The molecule has 3 heteroatoms. The summed E-state index contributed by atoms with van der Waals surface area (Å²) < 4.78 is 0. The molecule has 0 heterocycles. The van der Waals surface area contributed by atoms with E-state index < -0.39 is 0 Å². The molecule has 2 nitrogen and oxygen atoms in total. The minimum Gasteiger partial charge on any atom is -0.326 e. The van der Waals surface area contributed by atoms with Gasteiger partial charge in [-0.05, 0) is 30.2 Å². The Bertz CT molecular complexity index is 321. The van der Waals surface area contributed by atoms with Gasteiger partial charge in [-0.1, -0.05) is 31.9 Å². The van der Waals surface area contributed by atoms with Crippen LogP contribution in [0, 0.1) is 5.92 Å². The lowest BCUT2D eigenvalue weighted by Crippen LogP contribution is -2.14. The van der Waals surface area contributed by atoms with Gasteiger partial charge in [0.25, 0.3) is 0 Å². The summed E-state index contributed by atoms with van der Waals surface area (Å²) in [6, 6.07) is 7.13. The number of nitrogens with one attached hydrogen (secondary N) is 1. The largest absolute Gasteiger partial charge is 0.326 e. The molecular weight excluding hydrogens is 210 g/mol. The minimum atomic E-state index is 0.0617. The van der Waals surface area contributed by atoms with Crippen LogP contribution in [0.15, 0.2) is 24.3 Å². The summed E-state index contributed by atoms with van der Waals surface area (Å²) in [5.74, 6) is 0.490. The molecule has 15 heavy (non-hydrogen) atoms. The molecule has 1 amide bonds. The van der Waals surface area contributed by atoms with E-state index in [1.54, 1.807) is 24.3 Å². The van der Waals surface area contributed by atoms with Gasteiger partial charge in [0, 0.05) is 17.1 Å². The molecule has 1 aromatic carbocycles. The fourth-order valence-corrected chi connectivity index (χ4v) is 1.33. The maximum atomic E-state index is 11.5. The van der Waals surface area contributed by atoms with Crippen molar-refractivity contribution < 1.29 is 4.79 Å². The fourth-order valence-electron chi connectivity index (χ4n) is 1.21.